The summed E-state index contributed by atoms with van der Waals surface area (Å²) in [6.45, 7) is 3.56. The average Bonchev–Trinajstić information content (AvgIpc) is 2.21. The Labute approximate surface area is 103 Å². The molecule has 3 N–H and O–H groups in total. The Balaban J connectivity index is 2.93. The second-order valence-electron chi connectivity index (χ2n) is 3.52. The summed E-state index contributed by atoms with van der Waals surface area (Å²) in [7, 11) is 1.57. The molecule has 0 saturated heterocycles. The fourth-order valence-electron chi connectivity index (χ4n) is 1.35. The third-order valence-electron chi connectivity index (χ3n) is 2.18. The van der Waals surface area contributed by atoms with Gasteiger partial charge in [-0.2, -0.15) is 0 Å². The van der Waals surface area contributed by atoms with Crippen molar-refractivity contribution in [3.63, 3.8) is 0 Å². The molecule has 1 amide bonds. The van der Waals surface area contributed by atoms with Gasteiger partial charge < -0.3 is 15.8 Å². The molecular weight excluding hydrogens is 272 g/mol. The molecule has 0 aliphatic rings. The van der Waals surface area contributed by atoms with Gasteiger partial charge in [0.25, 0.3) is 5.91 Å². The first-order valence-electron chi connectivity index (χ1n) is 4.89. The summed E-state index contributed by atoms with van der Waals surface area (Å²) >= 11 is 3.34. The SMILES string of the molecule is CNC(=O)C(C)Oc1c(C)cc(Br)cc1N. The summed E-state index contributed by atoms with van der Waals surface area (Å²) in [6, 6.07) is 3.64. The maximum absolute atomic E-state index is 11.3. The zero-order valence-electron chi connectivity index (χ0n) is 9.50. The number of hydrogen-bond donors (Lipinski definition) is 2. The van der Waals surface area contributed by atoms with Crippen molar-refractivity contribution in [1.82, 2.24) is 5.32 Å². The lowest BCUT2D eigenvalue weighted by Crippen LogP contribution is -2.34. The molecule has 0 radical (unpaired) electrons. The summed E-state index contributed by atoms with van der Waals surface area (Å²) in [6.07, 6.45) is -0.563. The maximum Gasteiger partial charge on any atom is 0.260 e. The molecule has 1 atom stereocenters. The van der Waals surface area contributed by atoms with Gasteiger partial charge in [0.15, 0.2) is 6.10 Å². The summed E-state index contributed by atoms with van der Waals surface area (Å²) in [5.41, 5.74) is 7.23. The highest BCUT2D eigenvalue weighted by atomic mass is 79.9. The lowest BCUT2D eigenvalue weighted by Gasteiger charge is -2.17. The van der Waals surface area contributed by atoms with Gasteiger partial charge in [0.2, 0.25) is 0 Å². The minimum atomic E-state index is -0.563. The van der Waals surface area contributed by atoms with Crippen molar-refractivity contribution in [2.24, 2.45) is 0 Å². The molecule has 16 heavy (non-hydrogen) atoms. The summed E-state index contributed by atoms with van der Waals surface area (Å²) in [5.74, 6) is 0.376. The summed E-state index contributed by atoms with van der Waals surface area (Å²) < 4.78 is 6.42. The van der Waals surface area contributed by atoms with Crippen molar-refractivity contribution in [2.45, 2.75) is 20.0 Å². The van der Waals surface area contributed by atoms with Crippen molar-refractivity contribution in [2.75, 3.05) is 12.8 Å². The smallest absolute Gasteiger partial charge is 0.260 e. The third-order valence-corrected chi connectivity index (χ3v) is 2.64. The molecule has 0 aliphatic heterocycles. The van der Waals surface area contributed by atoms with Crippen LogP contribution in [-0.4, -0.2) is 19.1 Å². The zero-order valence-corrected chi connectivity index (χ0v) is 11.1. The van der Waals surface area contributed by atoms with E-state index >= 15 is 0 Å². The number of aryl methyl sites for hydroxylation is 1. The van der Waals surface area contributed by atoms with Crippen LogP contribution in [0.1, 0.15) is 12.5 Å². The topological polar surface area (TPSA) is 64.3 Å². The molecule has 0 aliphatic carbocycles. The molecule has 88 valence electrons. The molecule has 4 nitrogen and oxygen atoms in total. The van der Waals surface area contributed by atoms with E-state index in [0.717, 1.165) is 10.0 Å². The van der Waals surface area contributed by atoms with Gasteiger partial charge >= 0.3 is 0 Å². The molecule has 1 rings (SSSR count). The predicted molar refractivity (Wildman–Crippen MR) is 67.4 cm³/mol. The quantitative estimate of drug-likeness (QED) is 0.834. The summed E-state index contributed by atoms with van der Waals surface area (Å²) in [4.78, 5) is 11.3. The Hall–Kier alpha value is -1.23. The van der Waals surface area contributed by atoms with E-state index < -0.39 is 6.10 Å². The second-order valence-corrected chi connectivity index (χ2v) is 4.43. The Morgan fingerprint density at radius 1 is 1.56 bits per heavy atom. The van der Waals surface area contributed by atoms with Crippen LogP contribution < -0.4 is 15.8 Å². The number of anilines is 1. The predicted octanol–water partition coefficient (Wildman–Crippen LogP) is 1.85. The van der Waals surface area contributed by atoms with Crippen molar-refractivity contribution >= 4 is 27.5 Å². The van der Waals surface area contributed by atoms with Gasteiger partial charge in [-0.25, -0.2) is 0 Å². The monoisotopic (exact) mass is 286 g/mol. The highest BCUT2D eigenvalue weighted by Crippen LogP contribution is 2.30. The van der Waals surface area contributed by atoms with E-state index in [4.69, 9.17) is 10.5 Å². The highest BCUT2D eigenvalue weighted by Gasteiger charge is 2.15. The molecule has 1 aromatic carbocycles. The molecule has 0 bridgehead atoms. The molecule has 0 heterocycles. The molecule has 1 unspecified atom stereocenters. The van der Waals surface area contributed by atoms with Crippen molar-refractivity contribution in [3.8, 4) is 5.75 Å². The number of halogens is 1. The fourth-order valence-corrected chi connectivity index (χ4v) is 1.94. The van der Waals surface area contributed by atoms with Gasteiger partial charge in [-0.05, 0) is 31.5 Å². The Bertz CT molecular complexity index is 384. The molecule has 0 aromatic heterocycles. The number of carbonyl (C=O) groups excluding carboxylic acids is 1. The number of amides is 1. The van der Waals surface area contributed by atoms with E-state index in [1.165, 1.54) is 0 Å². The van der Waals surface area contributed by atoms with Crippen LogP contribution in [0.15, 0.2) is 16.6 Å². The van der Waals surface area contributed by atoms with E-state index in [2.05, 4.69) is 21.2 Å². The lowest BCUT2D eigenvalue weighted by molar-refractivity contribution is -0.126. The largest absolute Gasteiger partial charge is 0.478 e. The third kappa shape index (κ3) is 2.88. The average molecular weight is 287 g/mol. The van der Waals surface area contributed by atoms with E-state index in [1.54, 1.807) is 20.0 Å². The first-order chi connectivity index (χ1) is 7.45. The Kier molecular flexibility index (Phi) is 4.18. The van der Waals surface area contributed by atoms with Crippen LogP contribution >= 0.6 is 15.9 Å². The van der Waals surface area contributed by atoms with E-state index in [9.17, 15) is 4.79 Å². The van der Waals surface area contributed by atoms with Crippen LogP contribution in [0.5, 0.6) is 5.75 Å². The van der Waals surface area contributed by atoms with Gasteiger partial charge in [0.05, 0.1) is 5.69 Å². The number of rotatable bonds is 3. The van der Waals surface area contributed by atoms with Crippen LogP contribution in [0.4, 0.5) is 5.69 Å². The first-order valence-corrected chi connectivity index (χ1v) is 5.69. The highest BCUT2D eigenvalue weighted by molar-refractivity contribution is 9.10. The number of nitrogen functional groups attached to an aromatic ring is 1. The number of nitrogens with one attached hydrogen (secondary N) is 1. The number of ether oxygens (including phenoxy) is 1. The molecule has 0 fully saturated rings. The first kappa shape index (κ1) is 12.8. The minimum absolute atomic E-state index is 0.179. The Morgan fingerprint density at radius 3 is 2.69 bits per heavy atom. The number of benzene rings is 1. The van der Waals surface area contributed by atoms with Crippen molar-refractivity contribution in [3.05, 3.63) is 22.2 Å². The van der Waals surface area contributed by atoms with Crippen LogP contribution in [-0.2, 0) is 4.79 Å². The number of carbonyl (C=O) groups is 1. The molecule has 0 saturated carbocycles. The van der Waals surface area contributed by atoms with Gasteiger partial charge in [-0.3, -0.25) is 4.79 Å². The van der Waals surface area contributed by atoms with E-state index in [-0.39, 0.29) is 5.91 Å². The van der Waals surface area contributed by atoms with Gasteiger partial charge in [-0.15, -0.1) is 0 Å². The standard InChI is InChI=1S/C11H15BrN2O2/c1-6-4-8(12)5-9(13)10(6)16-7(2)11(15)14-3/h4-5,7H,13H2,1-3H3,(H,14,15). The zero-order chi connectivity index (χ0) is 12.3. The number of hydrogen-bond acceptors (Lipinski definition) is 3. The maximum atomic E-state index is 11.3. The fraction of sp³-hybridized carbons (Fsp3) is 0.364. The summed E-state index contributed by atoms with van der Waals surface area (Å²) in [5, 5.41) is 2.52. The van der Waals surface area contributed by atoms with Gasteiger partial charge in [0, 0.05) is 11.5 Å². The van der Waals surface area contributed by atoms with E-state index in [1.807, 2.05) is 13.0 Å². The molecular formula is C11H15BrN2O2. The van der Waals surface area contributed by atoms with E-state index in [0.29, 0.717) is 11.4 Å². The normalized spacial score (nSPS) is 12.0. The van der Waals surface area contributed by atoms with Gasteiger partial charge in [-0.1, -0.05) is 15.9 Å². The van der Waals surface area contributed by atoms with Crippen LogP contribution in [0, 0.1) is 6.92 Å². The molecule has 0 spiro atoms. The molecule has 5 heteroatoms. The minimum Gasteiger partial charge on any atom is -0.478 e. The van der Waals surface area contributed by atoms with Crippen molar-refractivity contribution in [1.29, 1.82) is 0 Å². The number of nitrogens with two attached hydrogens (primary N) is 1. The molecule has 1 aromatic rings. The number of likely N-dealkylation sites (N-methyl/N-ethyl adjacent to an activating group) is 1. The lowest BCUT2D eigenvalue weighted by atomic mass is 10.2. The second kappa shape index (κ2) is 5.21. The van der Waals surface area contributed by atoms with Crippen LogP contribution in [0.3, 0.4) is 0 Å². The van der Waals surface area contributed by atoms with Gasteiger partial charge in [0.1, 0.15) is 5.75 Å². The Morgan fingerprint density at radius 2 is 2.19 bits per heavy atom. The van der Waals surface area contributed by atoms with Crippen LogP contribution in [0.25, 0.3) is 0 Å². The van der Waals surface area contributed by atoms with Crippen LogP contribution in [0.2, 0.25) is 0 Å². The van der Waals surface area contributed by atoms with Crippen molar-refractivity contribution < 1.29 is 9.53 Å².